The summed E-state index contributed by atoms with van der Waals surface area (Å²) in [6, 6.07) is 13.1. The molecule has 34 heavy (non-hydrogen) atoms. The van der Waals surface area contributed by atoms with Crippen molar-refractivity contribution < 1.29 is 23.9 Å². The van der Waals surface area contributed by atoms with E-state index in [0.717, 1.165) is 10.6 Å². The normalized spacial score (nSPS) is 10.8. The molecular weight excluding hydrogens is 456 g/mol. The van der Waals surface area contributed by atoms with Gasteiger partial charge in [-0.1, -0.05) is 24.3 Å². The number of nitrogens with one attached hydrogen (secondary N) is 1. The molecule has 174 valence electrons. The lowest BCUT2D eigenvalue weighted by Gasteiger charge is -2.04. The van der Waals surface area contributed by atoms with E-state index in [9.17, 15) is 14.4 Å². The lowest BCUT2D eigenvalue weighted by molar-refractivity contribution is 0.0461. The zero-order valence-electron chi connectivity index (χ0n) is 18.8. The number of para-hydroxylation sites is 1. The van der Waals surface area contributed by atoms with Crippen LogP contribution in [0.25, 0.3) is 16.4 Å². The Morgan fingerprint density at radius 3 is 2.47 bits per heavy atom. The molecule has 0 radical (unpaired) electrons. The molecule has 1 aromatic carbocycles. The van der Waals surface area contributed by atoms with Crippen LogP contribution in [0.3, 0.4) is 0 Å². The van der Waals surface area contributed by atoms with Crippen molar-refractivity contribution >= 4 is 29.1 Å². The van der Waals surface area contributed by atoms with Crippen molar-refractivity contribution in [3.63, 3.8) is 0 Å². The van der Waals surface area contributed by atoms with E-state index in [2.05, 4.69) is 15.1 Å². The summed E-state index contributed by atoms with van der Waals surface area (Å²) in [7, 11) is 0. The zero-order chi connectivity index (χ0) is 24.2. The number of Topliss-reactive ketones (excluding diaryl/α,β-unsaturated/α-hetero) is 1. The average molecular weight is 479 g/mol. The van der Waals surface area contributed by atoms with Crippen LogP contribution in [-0.2, 0) is 9.47 Å². The first-order valence-corrected chi connectivity index (χ1v) is 11.4. The van der Waals surface area contributed by atoms with E-state index in [0.29, 0.717) is 17.1 Å². The monoisotopic (exact) mass is 478 g/mol. The number of hydrogen-bond acceptors (Lipinski definition) is 8. The predicted octanol–water partition coefficient (Wildman–Crippen LogP) is 4.16. The Bertz CT molecular complexity index is 1340. The maximum absolute atomic E-state index is 12.8. The SMILES string of the molecule is CCOC(=O)c1[nH]c(C)c(C(=O)COC(=O)c2nc(-c3cccs3)n(-c3ccccc3)n2)c1C. The smallest absolute Gasteiger partial charge is 0.378 e. The first-order chi connectivity index (χ1) is 16.4. The van der Waals surface area contributed by atoms with Gasteiger partial charge in [-0.05, 0) is 49.9 Å². The van der Waals surface area contributed by atoms with Crippen LogP contribution >= 0.6 is 11.3 Å². The number of hydrogen-bond donors (Lipinski definition) is 1. The number of esters is 2. The summed E-state index contributed by atoms with van der Waals surface area (Å²) in [6.45, 7) is 4.70. The van der Waals surface area contributed by atoms with E-state index in [1.54, 1.807) is 25.5 Å². The van der Waals surface area contributed by atoms with Gasteiger partial charge in [-0.3, -0.25) is 4.79 Å². The van der Waals surface area contributed by atoms with Gasteiger partial charge in [-0.25, -0.2) is 14.3 Å². The maximum Gasteiger partial charge on any atom is 0.378 e. The van der Waals surface area contributed by atoms with Gasteiger partial charge in [0.15, 0.2) is 12.4 Å². The molecule has 1 N–H and O–H groups in total. The molecule has 0 aliphatic carbocycles. The van der Waals surface area contributed by atoms with E-state index >= 15 is 0 Å². The van der Waals surface area contributed by atoms with Crippen LogP contribution in [0.2, 0.25) is 0 Å². The summed E-state index contributed by atoms with van der Waals surface area (Å²) in [4.78, 5) is 45.7. The van der Waals surface area contributed by atoms with Crippen LogP contribution in [0, 0.1) is 13.8 Å². The first kappa shape index (κ1) is 23.1. The first-order valence-electron chi connectivity index (χ1n) is 10.5. The molecule has 0 spiro atoms. The molecular formula is C24H22N4O5S. The third kappa shape index (κ3) is 4.53. The highest BCUT2D eigenvalue weighted by Crippen LogP contribution is 2.26. The number of benzene rings is 1. The van der Waals surface area contributed by atoms with Crippen molar-refractivity contribution in [1.82, 2.24) is 19.7 Å². The van der Waals surface area contributed by atoms with E-state index in [1.165, 1.54) is 11.3 Å². The fourth-order valence-electron chi connectivity index (χ4n) is 3.56. The third-order valence-electron chi connectivity index (χ3n) is 5.06. The molecule has 0 aliphatic rings. The molecule has 9 nitrogen and oxygen atoms in total. The number of nitrogens with zero attached hydrogens (tertiary/aromatic N) is 3. The van der Waals surface area contributed by atoms with Crippen LogP contribution in [0.4, 0.5) is 0 Å². The van der Waals surface area contributed by atoms with Crippen LogP contribution in [-0.4, -0.2) is 50.7 Å². The molecule has 10 heteroatoms. The number of aromatic amines is 1. The number of ether oxygens (including phenoxy) is 2. The summed E-state index contributed by atoms with van der Waals surface area (Å²) in [6.07, 6.45) is 0. The zero-order valence-corrected chi connectivity index (χ0v) is 19.6. The largest absolute Gasteiger partial charge is 0.461 e. The molecule has 0 unspecified atom stereocenters. The van der Waals surface area contributed by atoms with Crippen molar-refractivity contribution in [1.29, 1.82) is 0 Å². The summed E-state index contributed by atoms with van der Waals surface area (Å²) in [5.74, 6) is -1.48. The van der Waals surface area contributed by atoms with Crippen LogP contribution in [0.5, 0.6) is 0 Å². The van der Waals surface area contributed by atoms with Crippen LogP contribution < -0.4 is 0 Å². The Balaban J connectivity index is 1.54. The van der Waals surface area contributed by atoms with Gasteiger partial charge in [0.1, 0.15) is 5.69 Å². The molecule has 0 aliphatic heterocycles. The van der Waals surface area contributed by atoms with Crippen molar-refractivity contribution in [2.45, 2.75) is 20.8 Å². The maximum atomic E-state index is 12.8. The van der Waals surface area contributed by atoms with Gasteiger partial charge in [0.25, 0.3) is 5.82 Å². The lowest BCUT2D eigenvalue weighted by Crippen LogP contribution is -2.16. The van der Waals surface area contributed by atoms with E-state index in [1.807, 2.05) is 47.8 Å². The summed E-state index contributed by atoms with van der Waals surface area (Å²) < 4.78 is 11.8. The third-order valence-corrected chi connectivity index (χ3v) is 5.93. The van der Waals surface area contributed by atoms with Gasteiger partial charge in [0, 0.05) is 11.3 Å². The van der Waals surface area contributed by atoms with Crippen molar-refractivity contribution in [3.05, 3.63) is 76.2 Å². The molecule has 0 fully saturated rings. The fraction of sp³-hybridized carbons (Fsp3) is 0.208. The topological polar surface area (TPSA) is 116 Å². The number of aromatic nitrogens is 4. The second kappa shape index (κ2) is 9.84. The Hall–Kier alpha value is -4.05. The predicted molar refractivity (Wildman–Crippen MR) is 126 cm³/mol. The summed E-state index contributed by atoms with van der Waals surface area (Å²) >= 11 is 1.47. The van der Waals surface area contributed by atoms with Gasteiger partial charge < -0.3 is 14.5 Å². The minimum atomic E-state index is -0.822. The molecule has 3 heterocycles. The number of ketones is 1. The average Bonchev–Trinajstić information content (AvgIpc) is 3.57. The van der Waals surface area contributed by atoms with E-state index < -0.39 is 24.3 Å². The van der Waals surface area contributed by atoms with Gasteiger partial charge in [0.05, 0.1) is 17.2 Å². The highest BCUT2D eigenvalue weighted by atomic mass is 32.1. The van der Waals surface area contributed by atoms with Gasteiger partial charge in [-0.2, -0.15) is 4.98 Å². The van der Waals surface area contributed by atoms with Gasteiger partial charge >= 0.3 is 11.9 Å². The van der Waals surface area contributed by atoms with Crippen molar-refractivity contribution in [2.75, 3.05) is 13.2 Å². The molecule has 0 bridgehead atoms. The fourth-order valence-corrected chi connectivity index (χ4v) is 4.25. The summed E-state index contributed by atoms with van der Waals surface area (Å²) in [5, 5.41) is 6.23. The molecule has 0 amide bonds. The van der Waals surface area contributed by atoms with Crippen molar-refractivity contribution in [3.8, 4) is 16.4 Å². The van der Waals surface area contributed by atoms with Crippen LogP contribution in [0.1, 0.15) is 49.6 Å². The quantitative estimate of drug-likeness (QED) is 0.299. The Morgan fingerprint density at radius 2 is 1.79 bits per heavy atom. The second-order valence-corrected chi connectivity index (χ2v) is 8.28. The number of aryl methyl sites for hydroxylation is 1. The Labute approximate surface area is 199 Å². The molecule has 4 rings (SSSR count). The van der Waals surface area contributed by atoms with E-state index in [4.69, 9.17) is 9.47 Å². The second-order valence-electron chi connectivity index (χ2n) is 7.33. The molecule has 3 aromatic heterocycles. The lowest BCUT2D eigenvalue weighted by atomic mass is 10.1. The molecule has 0 atom stereocenters. The highest BCUT2D eigenvalue weighted by molar-refractivity contribution is 7.13. The van der Waals surface area contributed by atoms with Gasteiger partial charge in [-0.15, -0.1) is 16.4 Å². The summed E-state index contributed by atoms with van der Waals surface area (Å²) in [5.41, 5.74) is 2.17. The number of carbonyl (C=O) groups is 3. The highest BCUT2D eigenvalue weighted by Gasteiger charge is 2.25. The molecule has 0 saturated carbocycles. The number of thiophene rings is 1. The Kier molecular flexibility index (Phi) is 6.69. The minimum absolute atomic E-state index is 0.158. The number of carbonyl (C=O) groups excluding carboxylic acids is 3. The number of H-pyrrole nitrogens is 1. The Morgan fingerprint density at radius 1 is 1.03 bits per heavy atom. The molecule has 0 saturated heterocycles. The van der Waals surface area contributed by atoms with Crippen molar-refractivity contribution in [2.24, 2.45) is 0 Å². The minimum Gasteiger partial charge on any atom is -0.461 e. The standard InChI is InChI=1S/C24H22N4O5S/c1-4-32-23(30)20-14(2)19(15(3)25-20)17(29)13-33-24(31)21-26-22(18-11-8-12-34-18)28(27-21)16-9-6-5-7-10-16/h5-12,25H,4,13H2,1-3H3. The van der Waals surface area contributed by atoms with Crippen LogP contribution in [0.15, 0.2) is 47.8 Å². The molecule has 4 aromatic rings. The number of rotatable bonds is 8. The van der Waals surface area contributed by atoms with Gasteiger partial charge in [0.2, 0.25) is 5.78 Å². The van der Waals surface area contributed by atoms with E-state index in [-0.39, 0.29) is 23.7 Å².